The topological polar surface area (TPSA) is 75.6 Å². The summed E-state index contributed by atoms with van der Waals surface area (Å²) in [6, 6.07) is 4.27. The van der Waals surface area contributed by atoms with Gasteiger partial charge in [0.15, 0.2) is 0 Å². The van der Waals surface area contributed by atoms with Gasteiger partial charge in [0.1, 0.15) is 11.8 Å². The van der Waals surface area contributed by atoms with Gasteiger partial charge >= 0.3 is 5.97 Å². The lowest BCUT2D eigenvalue weighted by atomic mass is 10.1. The van der Waals surface area contributed by atoms with Crippen molar-refractivity contribution in [2.45, 2.75) is 25.8 Å². The monoisotopic (exact) mass is 285 g/mol. The lowest BCUT2D eigenvalue weighted by Gasteiger charge is -2.11. The number of hydrogen-bond acceptors (Lipinski definition) is 3. The molecule has 1 aromatic rings. The molecule has 0 fully saturated rings. The average Bonchev–Trinajstić information content (AvgIpc) is 2.36. The van der Waals surface area contributed by atoms with Gasteiger partial charge in [-0.15, -0.1) is 0 Å². The van der Waals surface area contributed by atoms with Gasteiger partial charge in [-0.1, -0.05) is 11.6 Å². The van der Waals surface area contributed by atoms with Crippen LogP contribution in [0.2, 0.25) is 5.02 Å². The van der Waals surface area contributed by atoms with Gasteiger partial charge in [0.05, 0.1) is 7.11 Å². The van der Waals surface area contributed by atoms with Gasteiger partial charge in [-0.05, 0) is 37.1 Å². The van der Waals surface area contributed by atoms with Crippen LogP contribution >= 0.6 is 11.6 Å². The Morgan fingerprint density at radius 3 is 2.74 bits per heavy atom. The fraction of sp³-hybridized carbons (Fsp3) is 0.385. The summed E-state index contributed by atoms with van der Waals surface area (Å²) in [6.07, 6.45) is 0.607. The first kappa shape index (κ1) is 15.3. The molecule has 19 heavy (non-hydrogen) atoms. The second kappa shape index (κ2) is 6.99. The van der Waals surface area contributed by atoms with Gasteiger partial charge in [-0.25, -0.2) is 0 Å². The summed E-state index contributed by atoms with van der Waals surface area (Å²) in [5, 5.41) is 11.6. The van der Waals surface area contributed by atoms with Crippen LogP contribution in [0.3, 0.4) is 0 Å². The Morgan fingerprint density at radius 1 is 1.47 bits per heavy atom. The Balaban J connectivity index is 2.59. The number of aliphatic carboxylic acids is 1. The van der Waals surface area contributed by atoms with E-state index in [2.05, 4.69) is 5.32 Å². The van der Waals surface area contributed by atoms with E-state index in [1.807, 2.05) is 0 Å². The third kappa shape index (κ3) is 4.79. The zero-order valence-electron chi connectivity index (χ0n) is 10.8. The molecular formula is C13H16ClNO4. The van der Waals surface area contributed by atoms with Gasteiger partial charge in [-0.2, -0.15) is 0 Å². The van der Waals surface area contributed by atoms with Crippen LogP contribution < -0.4 is 10.1 Å². The van der Waals surface area contributed by atoms with E-state index in [0.29, 0.717) is 17.2 Å². The van der Waals surface area contributed by atoms with Gasteiger partial charge in [0.25, 0.3) is 0 Å². The highest BCUT2D eigenvalue weighted by Crippen LogP contribution is 2.23. The number of ether oxygens (including phenoxy) is 1. The van der Waals surface area contributed by atoms with E-state index in [1.54, 1.807) is 25.3 Å². The Bertz CT molecular complexity index is 476. The SMILES string of the molecule is COc1ccc(Cl)cc1CCC(=O)NC(C)C(=O)O. The maximum absolute atomic E-state index is 11.6. The first-order valence-corrected chi connectivity index (χ1v) is 6.16. The summed E-state index contributed by atoms with van der Waals surface area (Å²) in [6.45, 7) is 1.42. The molecule has 0 heterocycles. The molecule has 104 valence electrons. The van der Waals surface area contributed by atoms with E-state index in [4.69, 9.17) is 21.4 Å². The smallest absolute Gasteiger partial charge is 0.325 e. The average molecular weight is 286 g/mol. The van der Waals surface area contributed by atoms with Gasteiger partial charge in [0.2, 0.25) is 5.91 Å². The molecule has 1 amide bonds. The highest BCUT2D eigenvalue weighted by Gasteiger charge is 2.14. The van der Waals surface area contributed by atoms with Crippen LogP contribution in [-0.4, -0.2) is 30.1 Å². The summed E-state index contributed by atoms with van der Waals surface area (Å²) in [5.74, 6) is -0.728. The van der Waals surface area contributed by atoms with E-state index in [9.17, 15) is 9.59 Å². The van der Waals surface area contributed by atoms with E-state index >= 15 is 0 Å². The van der Waals surface area contributed by atoms with Crippen LogP contribution in [-0.2, 0) is 16.0 Å². The molecule has 2 N–H and O–H groups in total. The number of hydrogen-bond donors (Lipinski definition) is 2. The second-order valence-corrected chi connectivity index (χ2v) is 4.52. The van der Waals surface area contributed by atoms with Gasteiger partial charge in [0, 0.05) is 11.4 Å². The number of methoxy groups -OCH3 is 1. The molecule has 0 aliphatic heterocycles. The first-order valence-electron chi connectivity index (χ1n) is 5.78. The fourth-order valence-corrected chi connectivity index (χ4v) is 1.76. The molecular weight excluding hydrogens is 270 g/mol. The third-order valence-corrected chi connectivity index (χ3v) is 2.85. The van der Waals surface area contributed by atoms with Crippen molar-refractivity contribution < 1.29 is 19.4 Å². The molecule has 1 aromatic carbocycles. The number of aryl methyl sites for hydroxylation is 1. The van der Waals surface area contributed by atoms with E-state index in [-0.39, 0.29) is 12.3 Å². The van der Waals surface area contributed by atoms with Crippen molar-refractivity contribution in [2.24, 2.45) is 0 Å². The van der Waals surface area contributed by atoms with Crippen molar-refractivity contribution >= 4 is 23.5 Å². The van der Waals surface area contributed by atoms with Crippen molar-refractivity contribution in [3.8, 4) is 5.75 Å². The lowest BCUT2D eigenvalue weighted by Crippen LogP contribution is -2.38. The van der Waals surface area contributed by atoms with Crippen molar-refractivity contribution in [1.29, 1.82) is 0 Å². The summed E-state index contributed by atoms with van der Waals surface area (Å²) in [7, 11) is 1.54. The zero-order valence-corrected chi connectivity index (χ0v) is 11.5. The minimum absolute atomic E-state index is 0.175. The van der Waals surface area contributed by atoms with Crippen LogP contribution in [0.25, 0.3) is 0 Å². The molecule has 6 heteroatoms. The van der Waals surface area contributed by atoms with E-state index < -0.39 is 12.0 Å². The molecule has 0 aromatic heterocycles. The number of rotatable bonds is 6. The van der Waals surface area contributed by atoms with Crippen LogP contribution in [0.15, 0.2) is 18.2 Å². The van der Waals surface area contributed by atoms with Crippen molar-refractivity contribution in [3.05, 3.63) is 28.8 Å². The standard InChI is InChI=1S/C13H16ClNO4/c1-8(13(17)18)15-12(16)6-3-9-7-10(14)4-5-11(9)19-2/h4-5,7-8H,3,6H2,1-2H3,(H,15,16)(H,17,18). The number of carboxylic acids is 1. The molecule has 1 unspecified atom stereocenters. The quantitative estimate of drug-likeness (QED) is 0.837. The highest BCUT2D eigenvalue weighted by molar-refractivity contribution is 6.30. The Kier molecular flexibility index (Phi) is 5.63. The number of halogens is 1. The number of nitrogens with one attached hydrogen (secondary N) is 1. The van der Waals surface area contributed by atoms with Gasteiger partial charge < -0.3 is 15.2 Å². The second-order valence-electron chi connectivity index (χ2n) is 4.08. The minimum Gasteiger partial charge on any atom is -0.496 e. The van der Waals surface area contributed by atoms with Crippen molar-refractivity contribution in [1.82, 2.24) is 5.32 Å². The summed E-state index contributed by atoms with van der Waals surface area (Å²) < 4.78 is 5.17. The van der Waals surface area contributed by atoms with Crippen molar-refractivity contribution in [2.75, 3.05) is 7.11 Å². The summed E-state index contributed by atoms with van der Waals surface area (Å²) >= 11 is 5.88. The van der Waals surface area contributed by atoms with Crippen LogP contribution in [0.1, 0.15) is 18.9 Å². The lowest BCUT2D eigenvalue weighted by molar-refractivity contribution is -0.141. The molecule has 0 spiro atoms. The highest BCUT2D eigenvalue weighted by atomic mass is 35.5. The molecule has 0 saturated carbocycles. The molecule has 0 saturated heterocycles. The molecule has 0 aliphatic carbocycles. The normalized spacial score (nSPS) is 11.7. The first-order chi connectivity index (χ1) is 8.93. The minimum atomic E-state index is -1.06. The largest absolute Gasteiger partial charge is 0.496 e. The van der Waals surface area contributed by atoms with E-state index in [0.717, 1.165) is 5.56 Å². The predicted molar refractivity (Wildman–Crippen MR) is 71.6 cm³/mol. The molecule has 1 rings (SSSR count). The fourth-order valence-electron chi connectivity index (χ4n) is 1.57. The van der Waals surface area contributed by atoms with Gasteiger partial charge in [-0.3, -0.25) is 9.59 Å². The van der Waals surface area contributed by atoms with Crippen LogP contribution in [0.5, 0.6) is 5.75 Å². The van der Waals surface area contributed by atoms with E-state index in [1.165, 1.54) is 6.92 Å². The molecule has 0 aliphatic rings. The Morgan fingerprint density at radius 2 is 2.16 bits per heavy atom. The maximum atomic E-state index is 11.6. The zero-order chi connectivity index (χ0) is 14.4. The van der Waals surface area contributed by atoms with Crippen molar-refractivity contribution in [3.63, 3.8) is 0 Å². The maximum Gasteiger partial charge on any atom is 0.325 e. The Labute approximate surface area is 116 Å². The third-order valence-electron chi connectivity index (χ3n) is 2.61. The number of carbonyl (C=O) groups is 2. The molecule has 1 atom stereocenters. The Hall–Kier alpha value is -1.75. The molecule has 0 bridgehead atoms. The van der Waals surface area contributed by atoms with Crippen LogP contribution in [0.4, 0.5) is 0 Å². The summed E-state index contributed by atoms with van der Waals surface area (Å²) in [4.78, 5) is 22.2. The number of carbonyl (C=O) groups excluding carboxylic acids is 1. The number of amides is 1. The molecule has 0 radical (unpaired) electrons. The summed E-state index contributed by atoms with van der Waals surface area (Å²) in [5.41, 5.74) is 0.813. The van der Waals surface area contributed by atoms with Crippen LogP contribution in [0, 0.1) is 0 Å². The number of benzene rings is 1. The molecule has 5 nitrogen and oxygen atoms in total. The predicted octanol–water partition coefficient (Wildman–Crippen LogP) is 1.87. The number of carboxylic acid groups (broad SMARTS) is 1.